The summed E-state index contributed by atoms with van der Waals surface area (Å²) in [5, 5.41) is 6.38. The summed E-state index contributed by atoms with van der Waals surface area (Å²) in [7, 11) is -3.86. The van der Waals surface area contributed by atoms with E-state index in [1.165, 1.54) is 37.4 Å². The van der Waals surface area contributed by atoms with Crippen LogP contribution in [0, 0.1) is 0 Å². The average molecular weight is 417 g/mol. The first-order chi connectivity index (χ1) is 12.2. The van der Waals surface area contributed by atoms with Gasteiger partial charge in [0.05, 0.1) is 28.5 Å². The second kappa shape index (κ2) is 8.68. The van der Waals surface area contributed by atoms with Crippen LogP contribution in [0.4, 0.5) is 11.4 Å². The molecular weight excluding hydrogens is 399 g/mol. The Morgan fingerprint density at radius 1 is 1.19 bits per heavy atom. The smallest absolute Gasteiger partial charge is 0.242 e. The van der Waals surface area contributed by atoms with Gasteiger partial charge in [-0.25, -0.2) is 13.4 Å². The molecule has 140 valence electrons. The van der Waals surface area contributed by atoms with Crippen molar-refractivity contribution in [2.45, 2.75) is 24.8 Å². The first kappa shape index (κ1) is 20.4. The summed E-state index contributed by atoms with van der Waals surface area (Å²) in [6.45, 7) is 3.95. The molecule has 0 aliphatic rings. The predicted molar refractivity (Wildman–Crippen MR) is 103 cm³/mol. The summed E-state index contributed by atoms with van der Waals surface area (Å²) in [6.07, 6.45) is 1.40. The molecule has 26 heavy (non-hydrogen) atoms. The molecular formula is C16H18Cl2N4O3S. The van der Waals surface area contributed by atoms with Gasteiger partial charge in [0.15, 0.2) is 0 Å². The molecule has 1 unspecified atom stereocenters. The van der Waals surface area contributed by atoms with Gasteiger partial charge < -0.3 is 10.6 Å². The summed E-state index contributed by atoms with van der Waals surface area (Å²) in [4.78, 5) is 16.3. The molecule has 0 spiro atoms. The van der Waals surface area contributed by atoms with Gasteiger partial charge in [-0.05, 0) is 38.1 Å². The number of aromatic nitrogens is 1. The lowest BCUT2D eigenvalue weighted by Gasteiger charge is -2.16. The summed E-state index contributed by atoms with van der Waals surface area (Å²) < 4.78 is 27.0. The molecule has 1 aromatic carbocycles. The predicted octanol–water partition coefficient (Wildman–Crippen LogP) is 3.13. The van der Waals surface area contributed by atoms with Gasteiger partial charge in [0, 0.05) is 17.6 Å². The highest BCUT2D eigenvalue weighted by atomic mass is 35.5. The van der Waals surface area contributed by atoms with E-state index >= 15 is 0 Å². The van der Waals surface area contributed by atoms with Gasteiger partial charge in [0.25, 0.3) is 0 Å². The molecule has 2 rings (SSSR count). The van der Waals surface area contributed by atoms with Crippen molar-refractivity contribution < 1.29 is 13.2 Å². The van der Waals surface area contributed by atoms with Crippen LogP contribution in [0.25, 0.3) is 0 Å². The van der Waals surface area contributed by atoms with E-state index in [0.29, 0.717) is 22.9 Å². The van der Waals surface area contributed by atoms with Gasteiger partial charge in [-0.1, -0.05) is 23.2 Å². The Balaban J connectivity index is 2.11. The molecule has 0 radical (unpaired) electrons. The van der Waals surface area contributed by atoms with Crippen LogP contribution < -0.4 is 15.4 Å². The second-order valence-electron chi connectivity index (χ2n) is 5.37. The topological polar surface area (TPSA) is 100 Å². The fraction of sp³-hybridized carbons (Fsp3) is 0.250. The zero-order valence-corrected chi connectivity index (χ0v) is 16.4. The molecule has 7 nitrogen and oxygen atoms in total. The fourth-order valence-electron chi connectivity index (χ4n) is 2.08. The third-order valence-corrected chi connectivity index (χ3v) is 5.36. The number of anilines is 2. The van der Waals surface area contributed by atoms with Crippen molar-refractivity contribution in [1.82, 2.24) is 9.71 Å². The first-order valence-corrected chi connectivity index (χ1v) is 9.95. The van der Waals surface area contributed by atoms with E-state index < -0.39 is 22.0 Å². The summed E-state index contributed by atoms with van der Waals surface area (Å²) in [5.41, 5.74) is 0.993. The molecule has 0 aliphatic carbocycles. The highest BCUT2D eigenvalue weighted by molar-refractivity contribution is 7.89. The van der Waals surface area contributed by atoms with E-state index in [9.17, 15) is 13.2 Å². The highest BCUT2D eigenvalue weighted by Crippen LogP contribution is 2.23. The first-order valence-electron chi connectivity index (χ1n) is 7.71. The van der Waals surface area contributed by atoms with Crippen LogP contribution in [-0.4, -0.2) is 31.9 Å². The van der Waals surface area contributed by atoms with E-state index in [0.717, 1.165) is 0 Å². The molecule has 1 heterocycles. The van der Waals surface area contributed by atoms with Gasteiger partial charge in [-0.2, -0.15) is 4.72 Å². The van der Waals surface area contributed by atoms with E-state index in [1.807, 2.05) is 6.92 Å². The van der Waals surface area contributed by atoms with Crippen molar-refractivity contribution in [3.05, 3.63) is 46.7 Å². The standard InChI is InChI=1S/C16H18Cl2N4O3S/c1-3-19-13-8-15(18)20-9-14(13)21-16(23)10(2)22-26(24,25)12-6-4-11(17)5-7-12/h4-10,22H,3H2,1-2H3,(H,19,20)(H,21,23). The number of halogens is 2. The summed E-state index contributed by atoms with van der Waals surface area (Å²) in [6, 6.07) is 6.21. The number of hydrogen-bond donors (Lipinski definition) is 3. The van der Waals surface area contributed by atoms with Gasteiger partial charge in [0.1, 0.15) is 5.15 Å². The number of sulfonamides is 1. The van der Waals surface area contributed by atoms with Crippen LogP contribution in [0.1, 0.15) is 13.8 Å². The summed E-state index contributed by atoms with van der Waals surface area (Å²) >= 11 is 11.6. The SMILES string of the molecule is CCNc1cc(Cl)ncc1NC(=O)C(C)NS(=O)(=O)c1ccc(Cl)cc1. The van der Waals surface area contributed by atoms with E-state index in [1.54, 1.807) is 6.07 Å². The van der Waals surface area contributed by atoms with Crippen LogP contribution in [0.2, 0.25) is 10.2 Å². The number of rotatable bonds is 7. The molecule has 0 aliphatic heterocycles. The molecule has 0 fully saturated rings. The van der Waals surface area contributed by atoms with E-state index in [4.69, 9.17) is 23.2 Å². The summed E-state index contributed by atoms with van der Waals surface area (Å²) in [5.74, 6) is -0.536. The second-order valence-corrected chi connectivity index (χ2v) is 7.91. The Morgan fingerprint density at radius 2 is 1.85 bits per heavy atom. The molecule has 1 atom stereocenters. The number of pyridine rings is 1. The van der Waals surface area contributed by atoms with Crippen LogP contribution in [0.3, 0.4) is 0 Å². The molecule has 0 bridgehead atoms. The average Bonchev–Trinajstić information content (AvgIpc) is 2.57. The van der Waals surface area contributed by atoms with Crippen LogP contribution in [-0.2, 0) is 14.8 Å². The number of carbonyl (C=O) groups is 1. The van der Waals surface area contributed by atoms with Crippen molar-refractivity contribution in [1.29, 1.82) is 0 Å². The monoisotopic (exact) mass is 416 g/mol. The van der Waals surface area contributed by atoms with Crippen molar-refractivity contribution >= 4 is 50.5 Å². The van der Waals surface area contributed by atoms with Crippen molar-refractivity contribution in [2.75, 3.05) is 17.2 Å². The Hall–Kier alpha value is -1.87. The number of amides is 1. The lowest BCUT2D eigenvalue weighted by atomic mass is 10.3. The quantitative estimate of drug-likeness (QED) is 0.601. The largest absolute Gasteiger partial charge is 0.384 e. The Bertz CT molecular complexity index is 889. The normalized spacial score (nSPS) is 12.5. The maximum Gasteiger partial charge on any atom is 0.242 e. The number of carbonyl (C=O) groups excluding carboxylic acids is 1. The molecule has 2 aromatic rings. The van der Waals surface area contributed by atoms with Crippen molar-refractivity contribution in [2.24, 2.45) is 0 Å². The van der Waals surface area contributed by atoms with Crippen molar-refractivity contribution in [3.8, 4) is 0 Å². The molecule has 1 amide bonds. The highest BCUT2D eigenvalue weighted by Gasteiger charge is 2.22. The maximum absolute atomic E-state index is 12.4. The van der Waals surface area contributed by atoms with Gasteiger partial charge in [-0.3, -0.25) is 4.79 Å². The molecule has 1 aromatic heterocycles. The maximum atomic E-state index is 12.4. The molecule has 10 heteroatoms. The van der Waals surface area contributed by atoms with Crippen LogP contribution in [0.15, 0.2) is 41.4 Å². The molecule has 3 N–H and O–H groups in total. The van der Waals surface area contributed by atoms with Gasteiger partial charge >= 0.3 is 0 Å². The molecule has 0 saturated carbocycles. The fourth-order valence-corrected chi connectivity index (χ4v) is 3.56. The van der Waals surface area contributed by atoms with Crippen LogP contribution in [0.5, 0.6) is 0 Å². The third kappa shape index (κ3) is 5.31. The Kier molecular flexibility index (Phi) is 6.82. The minimum absolute atomic E-state index is 0.0167. The third-order valence-electron chi connectivity index (χ3n) is 3.34. The number of hydrogen-bond acceptors (Lipinski definition) is 5. The van der Waals surface area contributed by atoms with Gasteiger partial charge in [-0.15, -0.1) is 0 Å². The number of benzene rings is 1. The van der Waals surface area contributed by atoms with E-state index in [-0.39, 0.29) is 10.0 Å². The lowest BCUT2D eigenvalue weighted by Crippen LogP contribution is -2.41. The van der Waals surface area contributed by atoms with Crippen LogP contribution >= 0.6 is 23.2 Å². The molecule has 0 saturated heterocycles. The van der Waals surface area contributed by atoms with Gasteiger partial charge in [0.2, 0.25) is 15.9 Å². The Labute approximate surface area is 162 Å². The zero-order valence-electron chi connectivity index (χ0n) is 14.1. The number of nitrogens with zero attached hydrogens (tertiary/aromatic N) is 1. The lowest BCUT2D eigenvalue weighted by molar-refractivity contribution is -0.117. The Morgan fingerprint density at radius 3 is 2.46 bits per heavy atom. The zero-order chi connectivity index (χ0) is 19.3. The van der Waals surface area contributed by atoms with E-state index in [2.05, 4.69) is 20.3 Å². The number of nitrogens with one attached hydrogen (secondary N) is 3. The minimum Gasteiger partial charge on any atom is -0.384 e. The van der Waals surface area contributed by atoms with Crippen molar-refractivity contribution in [3.63, 3.8) is 0 Å². The minimum atomic E-state index is -3.86.